The number of rotatable bonds is 4. The predicted molar refractivity (Wildman–Crippen MR) is 74.4 cm³/mol. The molecular formula is C14H21N3O3. The molecule has 0 bridgehead atoms. The van der Waals surface area contributed by atoms with E-state index in [2.05, 4.69) is 5.10 Å². The van der Waals surface area contributed by atoms with Crippen LogP contribution < -0.4 is 5.69 Å². The van der Waals surface area contributed by atoms with Gasteiger partial charge in [0.25, 0.3) is 0 Å². The van der Waals surface area contributed by atoms with Crippen LogP contribution in [-0.2, 0) is 29.0 Å². The molecule has 1 aliphatic rings. The van der Waals surface area contributed by atoms with Crippen molar-refractivity contribution in [3.05, 3.63) is 28.0 Å². The largest absolute Gasteiger partial charge is 0.466 e. The van der Waals surface area contributed by atoms with Gasteiger partial charge in [0.1, 0.15) is 5.82 Å². The molecule has 20 heavy (non-hydrogen) atoms. The molecule has 6 heteroatoms. The number of hydrogen-bond donors (Lipinski definition) is 0. The second kappa shape index (κ2) is 6.54. The number of aromatic nitrogens is 3. The Kier molecular flexibility index (Phi) is 4.76. The Balaban J connectivity index is 2.20. The summed E-state index contributed by atoms with van der Waals surface area (Å²) in [6.07, 6.45) is 6.40. The lowest BCUT2D eigenvalue weighted by Gasteiger charge is -2.02. The van der Waals surface area contributed by atoms with Crippen LogP contribution >= 0.6 is 0 Å². The van der Waals surface area contributed by atoms with E-state index in [4.69, 9.17) is 4.74 Å². The third kappa shape index (κ3) is 3.00. The van der Waals surface area contributed by atoms with Gasteiger partial charge < -0.3 is 4.74 Å². The first kappa shape index (κ1) is 14.6. The number of esters is 1. The minimum atomic E-state index is -0.346. The van der Waals surface area contributed by atoms with Crippen molar-refractivity contribution in [2.75, 3.05) is 7.11 Å². The molecule has 2 heterocycles. The van der Waals surface area contributed by atoms with Crippen molar-refractivity contribution in [2.45, 2.75) is 52.1 Å². The summed E-state index contributed by atoms with van der Waals surface area (Å²) in [5, 5.41) is 4.37. The molecule has 0 amide bonds. The molecule has 0 saturated heterocycles. The van der Waals surface area contributed by atoms with Crippen molar-refractivity contribution in [3.8, 4) is 0 Å². The summed E-state index contributed by atoms with van der Waals surface area (Å²) >= 11 is 0. The van der Waals surface area contributed by atoms with Crippen LogP contribution in [0.2, 0.25) is 0 Å². The predicted octanol–water partition coefficient (Wildman–Crippen LogP) is 1.28. The lowest BCUT2D eigenvalue weighted by Crippen LogP contribution is -2.25. The van der Waals surface area contributed by atoms with E-state index in [-0.39, 0.29) is 11.7 Å². The molecule has 110 valence electrons. The van der Waals surface area contributed by atoms with Crippen LogP contribution in [-0.4, -0.2) is 27.4 Å². The molecule has 1 aromatic rings. The molecule has 0 saturated carbocycles. The first-order chi connectivity index (χ1) is 9.67. The highest BCUT2D eigenvalue weighted by molar-refractivity contribution is 5.88. The molecule has 0 radical (unpaired) electrons. The van der Waals surface area contributed by atoms with Crippen molar-refractivity contribution < 1.29 is 9.53 Å². The van der Waals surface area contributed by atoms with E-state index in [0.29, 0.717) is 18.5 Å². The maximum absolute atomic E-state index is 12.2. The zero-order valence-corrected chi connectivity index (χ0v) is 12.1. The van der Waals surface area contributed by atoms with Gasteiger partial charge in [0, 0.05) is 18.5 Å². The van der Waals surface area contributed by atoms with Gasteiger partial charge >= 0.3 is 11.7 Å². The second-order valence-corrected chi connectivity index (χ2v) is 4.92. The van der Waals surface area contributed by atoms with Gasteiger partial charge in [0.2, 0.25) is 0 Å². The van der Waals surface area contributed by atoms with Gasteiger partial charge in [-0.2, -0.15) is 5.10 Å². The number of carbonyl (C=O) groups is 1. The first-order valence-corrected chi connectivity index (χ1v) is 7.11. The summed E-state index contributed by atoms with van der Waals surface area (Å²) in [5.74, 6) is 0.512. The molecule has 2 rings (SSSR count). The summed E-state index contributed by atoms with van der Waals surface area (Å²) < 4.78 is 7.88. The van der Waals surface area contributed by atoms with Gasteiger partial charge in [0.15, 0.2) is 0 Å². The fraction of sp³-hybridized carbons (Fsp3) is 0.643. The average molecular weight is 279 g/mol. The summed E-state index contributed by atoms with van der Waals surface area (Å²) in [6, 6.07) is 0. The third-order valence-electron chi connectivity index (χ3n) is 3.62. The van der Waals surface area contributed by atoms with E-state index in [1.54, 1.807) is 10.6 Å². The van der Waals surface area contributed by atoms with Gasteiger partial charge in [-0.25, -0.2) is 14.3 Å². The van der Waals surface area contributed by atoms with Crippen LogP contribution in [0.3, 0.4) is 0 Å². The molecule has 0 aromatic carbocycles. The Morgan fingerprint density at radius 2 is 2.20 bits per heavy atom. The van der Waals surface area contributed by atoms with Crippen LogP contribution in [0.1, 0.15) is 38.4 Å². The van der Waals surface area contributed by atoms with E-state index in [0.717, 1.165) is 38.1 Å². The van der Waals surface area contributed by atoms with Crippen LogP contribution in [0.4, 0.5) is 0 Å². The first-order valence-electron chi connectivity index (χ1n) is 7.11. The van der Waals surface area contributed by atoms with Gasteiger partial charge in [-0.15, -0.1) is 0 Å². The summed E-state index contributed by atoms with van der Waals surface area (Å²) in [4.78, 5) is 23.7. The molecule has 0 fully saturated rings. The smallest absolute Gasteiger partial charge is 0.346 e. The normalized spacial score (nSPS) is 15.6. The molecular weight excluding hydrogens is 258 g/mol. The molecule has 0 spiro atoms. The van der Waals surface area contributed by atoms with Gasteiger partial charge in [-0.1, -0.05) is 19.4 Å². The molecule has 0 N–H and O–H groups in total. The van der Waals surface area contributed by atoms with E-state index >= 15 is 0 Å². The highest BCUT2D eigenvalue weighted by Crippen LogP contribution is 2.10. The van der Waals surface area contributed by atoms with Gasteiger partial charge in [0.05, 0.1) is 13.7 Å². The van der Waals surface area contributed by atoms with Crippen molar-refractivity contribution in [1.29, 1.82) is 0 Å². The van der Waals surface area contributed by atoms with Crippen molar-refractivity contribution in [3.63, 3.8) is 0 Å². The average Bonchev–Trinajstić information content (AvgIpc) is 2.65. The third-order valence-corrected chi connectivity index (χ3v) is 3.62. The topological polar surface area (TPSA) is 66.1 Å². The standard InChI is InChI=1S/C14H21N3O3/c1-3-11(13(18)20-2)8-10-17-14(19)16-9-6-4-5-7-12(16)15-17/h8H,3-7,9-10H2,1-2H3. The molecule has 0 aliphatic carbocycles. The highest BCUT2D eigenvalue weighted by atomic mass is 16.5. The number of allylic oxidation sites excluding steroid dienone is 1. The van der Waals surface area contributed by atoms with Crippen LogP contribution in [0.25, 0.3) is 0 Å². The second-order valence-electron chi connectivity index (χ2n) is 4.92. The Bertz CT molecular complexity index is 569. The maximum Gasteiger partial charge on any atom is 0.346 e. The zero-order chi connectivity index (χ0) is 14.5. The Morgan fingerprint density at radius 3 is 2.90 bits per heavy atom. The number of ether oxygens (including phenoxy) is 1. The maximum atomic E-state index is 12.2. The number of methoxy groups -OCH3 is 1. The van der Waals surface area contributed by atoms with Crippen molar-refractivity contribution in [2.24, 2.45) is 0 Å². The van der Waals surface area contributed by atoms with Crippen LogP contribution in [0.15, 0.2) is 16.4 Å². The van der Waals surface area contributed by atoms with E-state index in [1.165, 1.54) is 11.8 Å². The number of fused-ring (bicyclic) bond motifs is 1. The molecule has 1 aromatic heterocycles. The Morgan fingerprint density at radius 1 is 1.40 bits per heavy atom. The summed E-state index contributed by atoms with van der Waals surface area (Å²) in [6.45, 7) is 2.94. The van der Waals surface area contributed by atoms with E-state index < -0.39 is 0 Å². The lowest BCUT2D eigenvalue weighted by molar-refractivity contribution is -0.136. The highest BCUT2D eigenvalue weighted by Gasteiger charge is 2.15. The number of aryl methyl sites for hydroxylation is 1. The Hall–Kier alpha value is -1.85. The van der Waals surface area contributed by atoms with Crippen molar-refractivity contribution in [1.82, 2.24) is 14.3 Å². The molecule has 0 atom stereocenters. The number of nitrogens with zero attached hydrogens (tertiary/aromatic N) is 3. The SMILES string of the molecule is CCC(=CCn1nc2n(c1=O)CCCCC2)C(=O)OC. The fourth-order valence-electron chi connectivity index (χ4n) is 2.44. The zero-order valence-electron chi connectivity index (χ0n) is 12.1. The summed E-state index contributed by atoms with van der Waals surface area (Å²) in [7, 11) is 1.36. The molecule has 6 nitrogen and oxygen atoms in total. The van der Waals surface area contributed by atoms with Gasteiger partial charge in [-0.05, 0) is 19.3 Å². The van der Waals surface area contributed by atoms with E-state index in [1.807, 2.05) is 6.92 Å². The van der Waals surface area contributed by atoms with E-state index in [9.17, 15) is 9.59 Å². The quantitative estimate of drug-likeness (QED) is 0.615. The minimum absolute atomic E-state index is 0.0848. The molecule has 1 aliphatic heterocycles. The van der Waals surface area contributed by atoms with Crippen molar-refractivity contribution >= 4 is 5.97 Å². The monoisotopic (exact) mass is 279 g/mol. The number of carbonyl (C=O) groups excluding carboxylic acids is 1. The minimum Gasteiger partial charge on any atom is -0.466 e. The van der Waals surface area contributed by atoms with Gasteiger partial charge in [-0.3, -0.25) is 4.57 Å². The Labute approximate surface area is 118 Å². The summed E-state index contributed by atoms with van der Waals surface area (Å²) in [5.41, 5.74) is 0.487. The van der Waals surface area contributed by atoms with Crippen LogP contribution in [0, 0.1) is 0 Å². The fourth-order valence-corrected chi connectivity index (χ4v) is 2.44. The lowest BCUT2D eigenvalue weighted by atomic mass is 10.2. The number of hydrogen-bond acceptors (Lipinski definition) is 4. The van der Waals surface area contributed by atoms with Crippen LogP contribution in [0.5, 0.6) is 0 Å². The molecule has 0 unspecified atom stereocenters.